The van der Waals surface area contributed by atoms with Crippen LogP contribution in [0.3, 0.4) is 0 Å². The number of hydrogen-bond donors (Lipinski definition) is 1. The molecule has 0 saturated carbocycles. The Morgan fingerprint density at radius 1 is 1.46 bits per heavy atom. The third kappa shape index (κ3) is 1.91. The summed E-state index contributed by atoms with van der Waals surface area (Å²) in [5.74, 6) is 0.229. The summed E-state index contributed by atoms with van der Waals surface area (Å²) in [5, 5.41) is 9.65. The van der Waals surface area contributed by atoms with Gasteiger partial charge in [-0.05, 0) is 31.0 Å². The van der Waals surface area contributed by atoms with Crippen LogP contribution in [0.5, 0.6) is 5.75 Å². The van der Waals surface area contributed by atoms with Crippen LogP contribution in [0.1, 0.15) is 16.7 Å². The molecule has 0 aliphatic heterocycles. The first-order chi connectivity index (χ1) is 6.07. The van der Waals surface area contributed by atoms with E-state index in [4.69, 9.17) is 0 Å². The second kappa shape index (κ2) is 3.92. The van der Waals surface area contributed by atoms with Gasteiger partial charge >= 0.3 is 0 Å². The second-order valence-corrected chi connectivity index (χ2v) is 3.84. The third-order valence-corrected chi connectivity index (χ3v) is 3.01. The Kier molecular flexibility index (Phi) is 3.09. The number of phenolic OH excluding ortho intramolecular Hbond substituents is 1. The van der Waals surface area contributed by atoms with Crippen LogP contribution in [0.2, 0.25) is 0 Å². The van der Waals surface area contributed by atoms with Gasteiger partial charge in [0.2, 0.25) is 0 Å². The van der Waals surface area contributed by atoms with Crippen LogP contribution in [0.4, 0.5) is 0 Å². The average molecular weight is 243 g/mol. The van der Waals surface area contributed by atoms with Gasteiger partial charge in [0.05, 0.1) is 0 Å². The zero-order valence-corrected chi connectivity index (χ0v) is 9.18. The fraction of sp³-hybridized carbons (Fsp3) is 0.300. The molecule has 0 radical (unpaired) electrons. The summed E-state index contributed by atoms with van der Waals surface area (Å²) in [6.45, 7) is 3.76. The van der Waals surface area contributed by atoms with E-state index in [0.717, 1.165) is 21.9 Å². The highest BCUT2D eigenvalue weighted by molar-refractivity contribution is 9.10. The minimum atomic E-state index is 0.229. The second-order valence-electron chi connectivity index (χ2n) is 2.99. The van der Waals surface area contributed by atoms with E-state index in [-0.39, 0.29) is 12.2 Å². The molecule has 70 valence electrons. The topological polar surface area (TPSA) is 37.3 Å². The summed E-state index contributed by atoms with van der Waals surface area (Å²) in [6.07, 6.45) is 1.04. The average Bonchev–Trinajstić information content (AvgIpc) is 2.11. The monoisotopic (exact) mass is 242 g/mol. The molecule has 0 unspecified atom stereocenters. The highest BCUT2D eigenvalue weighted by Crippen LogP contribution is 2.30. The highest BCUT2D eigenvalue weighted by Gasteiger charge is 2.09. The molecule has 3 heteroatoms. The van der Waals surface area contributed by atoms with Crippen LogP contribution < -0.4 is 0 Å². The Morgan fingerprint density at radius 2 is 2.08 bits per heavy atom. The third-order valence-electron chi connectivity index (χ3n) is 2.18. The molecule has 0 spiro atoms. The number of aldehydes is 1. The number of carbonyl (C=O) groups excluding carboxylic acids is 1. The van der Waals surface area contributed by atoms with Crippen molar-refractivity contribution >= 4 is 22.2 Å². The summed E-state index contributed by atoms with van der Waals surface area (Å²) in [6, 6.07) is 1.78. The van der Waals surface area contributed by atoms with Crippen molar-refractivity contribution in [1.82, 2.24) is 0 Å². The standard InChI is InChI=1S/C10H11BrO2/c1-6-7(2)10(13)8(3-4-12)5-9(6)11/h4-5,13H,3H2,1-2H3. The predicted octanol–water partition coefficient (Wildman–Crippen LogP) is 2.51. The van der Waals surface area contributed by atoms with Gasteiger partial charge < -0.3 is 9.90 Å². The van der Waals surface area contributed by atoms with Gasteiger partial charge in [-0.3, -0.25) is 0 Å². The van der Waals surface area contributed by atoms with E-state index < -0.39 is 0 Å². The number of carbonyl (C=O) groups is 1. The number of phenols is 1. The van der Waals surface area contributed by atoms with Gasteiger partial charge in [-0.2, -0.15) is 0 Å². The van der Waals surface area contributed by atoms with E-state index >= 15 is 0 Å². The van der Waals surface area contributed by atoms with Crippen LogP contribution in [0, 0.1) is 13.8 Å². The minimum absolute atomic E-state index is 0.229. The molecule has 1 rings (SSSR count). The van der Waals surface area contributed by atoms with Crippen LogP contribution >= 0.6 is 15.9 Å². The molecule has 13 heavy (non-hydrogen) atoms. The quantitative estimate of drug-likeness (QED) is 0.810. The lowest BCUT2D eigenvalue weighted by Gasteiger charge is -2.09. The zero-order chi connectivity index (χ0) is 10.0. The van der Waals surface area contributed by atoms with Gasteiger partial charge in [0, 0.05) is 16.5 Å². The number of hydrogen-bond acceptors (Lipinski definition) is 2. The van der Waals surface area contributed by atoms with Crippen molar-refractivity contribution in [2.75, 3.05) is 0 Å². The largest absolute Gasteiger partial charge is 0.507 e. The molecule has 0 aliphatic rings. The molecule has 0 amide bonds. The summed E-state index contributed by atoms with van der Waals surface area (Å²) in [4.78, 5) is 10.3. The molecule has 1 aromatic rings. The molecular formula is C10H11BrO2. The van der Waals surface area contributed by atoms with Gasteiger partial charge in [0.1, 0.15) is 12.0 Å². The number of rotatable bonds is 2. The number of benzene rings is 1. The van der Waals surface area contributed by atoms with Crippen molar-refractivity contribution in [1.29, 1.82) is 0 Å². The van der Waals surface area contributed by atoms with Gasteiger partial charge in [-0.25, -0.2) is 0 Å². The lowest BCUT2D eigenvalue weighted by molar-refractivity contribution is -0.107. The molecule has 2 nitrogen and oxygen atoms in total. The van der Waals surface area contributed by atoms with Gasteiger partial charge in [0.15, 0.2) is 0 Å². The van der Waals surface area contributed by atoms with Crippen LogP contribution in [-0.2, 0) is 11.2 Å². The lowest BCUT2D eigenvalue weighted by atomic mass is 10.0. The summed E-state index contributed by atoms with van der Waals surface area (Å²) in [7, 11) is 0. The van der Waals surface area contributed by atoms with Crippen molar-refractivity contribution < 1.29 is 9.90 Å². The van der Waals surface area contributed by atoms with Crippen LogP contribution in [0.15, 0.2) is 10.5 Å². The molecule has 0 aromatic heterocycles. The molecule has 0 aliphatic carbocycles. The molecule has 1 N–H and O–H groups in total. The van der Waals surface area contributed by atoms with Crippen LogP contribution in [-0.4, -0.2) is 11.4 Å². The Bertz CT molecular complexity index is 345. The van der Waals surface area contributed by atoms with E-state index in [9.17, 15) is 9.90 Å². The maximum Gasteiger partial charge on any atom is 0.124 e. The smallest absolute Gasteiger partial charge is 0.124 e. The molecule has 0 fully saturated rings. The molecule has 0 atom stereocenters. The van der Waals surface area contributed by atoms with Crippen molar-refractivity contribution in [3.05, 3.63) is 27.2 Å². The Labute approximate surface area is 85.7 Å². The van der Waals surface area contributed by atoms with E-state index in [1.807, 2.05) is 13.8 Å². The minimum Gasteiger partial charge on any atom is -0.507 e. The van der Waals surface area contributed by atoms with E-state index in [2.05, 4.69) is 15.9 Å². The van der Waals surface area contributed by atoms with E-state index in [0.29, 0.717) is 5.56 Å². The van der Waals surface area contributed by atoms with Crippen molar-refractivity contribution in [2.45, 2.75) is 20.3 Å². The Hall–Kier alpha value is -0.830. The Morgan fingerprint density at radius 3 is 2.62 bits per heavy atom. The fourth-order valence-corrected chi connectivity index (χ4v) is 1.75. The first kappa shape index (κ1) is 10.3. The van der Waals surface area contributed by atoms with Gasteiger partial charge in [-0.1, -0.05) is 15.9 Å². The fourth-order valence-electron chi connectivity index (χ4n) is 1.17. The maximum atomic E-state index is 10.3. The molecular weight excluding hydrogens is 232 g/mol. The number of aromatic hydroxyl groups is 1. The van der Waals surface area contributed by atoms with Crippen molar-refractivity contribution in [3.63, 3.8) is 0 Å². The van der Waals surface area contributed by atoms with Crippen LogP contribution in [0.25, 0.3) is 0 Å². The number of halogens is 1. The molecule has 1 aromatic carbocycles. The normalized spacial score (nSPS) is 10.1. The highest BCUT2D eigenvalue weighted by atomic mass is 79.9. The summed E-state index contributed by atoms with van der Waals surface area (Å²) >= 11 is 3.37. The molecule has 0 saturated heterocycles. The zero-order valence-electron chi connectivity index (χ0n) is 7.60. The maximum absolute atomic E-state index is 10.3. The van der Waals surface area contributed by atoms with Gasteiger partial charge in [-0.15, -0.1) is 0 Å². The Balaban J connectivity index is 3.31. The van der Waals surface area contributed by atoms with Gasteiger partial charge in [0.25, 0.3) is 0 Å². The summed E-state index contributed by atoms with van der Waals surface area (Å²) < 4.78 is 0.930. The van der Waals surface area contributed by atoms with Crippen molar-refractivity contribution in [3.8, 4) is 5.75 Å². The first-order valence-corrected chi connectivity index (χ1v) is 4.78. The SMILES string of the molecule is Cc1c(Br)cc(CC=O)c(O)c1C. The predicted molar refractivity (Wildman–Crippen MR) is 55.0 cm³/mol. The summed E-state index contributed by atoms with van der Waals surface area (Å²) in [5.41, 5.74) is 2.50. The van der Waals surface area contributed by atoms with E-state index in [1.54, 1.807) is 6.07 Å². The first-order valence-electron chi connectivity index (χ1n) is 3.99. The van der Waals surface area contributed by atoms with Crippen molar-refractivity contribution in [2.24, 2.45) is 0 Å². The molecule has 0 heterocycles. The van der Waals surface area contributed by atoms with E-state index in [1.165, 1.54) is 0 Å². The molecule has 0 bridgehead atoms. The lowest BCUT2D eigenvalue weighted by Crippen LogP contribution is -1.92.